The molecule has 2 rings (SSSR count). The maximum absolute atomic E-state index is 12.5. The van der Waals surface area contributed by atoms with E-state index in [1.54, 1.807) is 22.8 Å². The molecular weight excluding hydrogens is 274 g/mol. The Hall–Kier alpha value is -1.39. The van der Waals surface area contributed by atoms with Crippen LogP contribution in [0.5, 0.6) is 0 Å². The number of fused-ring (bicyclic) bond motifs is 1. The Bertz CT molecular complexity index is 666. The van der Waals surface area contributed by atoms with E-state index < -0.39 is 0 Å². The molecule has 0 aliphatic rings. The smallest absolute Gasteiger partial charge is 0.261 e. The van der Waals surface area contributed by atoms with Crippen LogP contribution in [0.15, 0.2) is 23.0 Å². The van der Waals surface area contributed by atoms with E-state index in [0.717, 1.165) is 18.8 Å². The summed E-state index contributed by atoms with van der Waals surface area (Å²) in [6, 6.07) is 5.25. The van der Waals surface area contributed by atoms with Crippen LogP contribution in [0, 0.1) is 0 Å². The Kier molecular flexibility index (Phi) is 4.78. The van der Waals surface area contributed by atoms with Crippen molar-refractivity contribution in [3.8, 4) is 0 Å². The first-order valence-corrected chi connectivity index (χ1v) is 7.39. The van der Waals surface area contributed by atoms with E-state index in [-0.39, 0.29) is 11.6 Å². The zero-order valence-corrected chi connectivity index (χ0v) is 12.9. The summed E-state index contributed by atoms with van der Waals surface area (Å²) >= 11 is 6.00. The predicted octanol–water partition coefficient (Wildman–Crippen LogP) is 3.13. The summed E-state index contributed by atoms with van der Waals surface area (Å²) in [6.45, 7) is 7.60. The molecule has 2 aromatic rings. The summed E-state index contributed by atoms with van der Waals surface area (Å²) < 4.78 is 1.73. The molecule has 1 heterocycles. The minimum atomic E-state index is -0.00526. The minimum Gasteiger partial charge on any atom is -0.308 e. The van der Waals surface area contributed by atoms with E-state index in [2.05, 4.69) is 17.2 Å². The molecule has 1 N–H and O–H groups in total. The molecule has 0 saturated heterocycles. The molecule has 1 aromatic heterocycles. The van der Waals surface area contributed by atoms with Gasteiger partial charge in [-0.1, -0.05) is 18.5 Å². The Morgan fingerprint density at radius 1 is 1.40 bits per heavy atom. The maximum Gasteiger partial charge on any atom is 0.261 e. The average Bonchev–Trinajstić information content (AvgIpc) is 2.44. The number of nitrogens with zero attached hydrogens (tertiary/aromatic N) is 2. The molecule has 0 fully saturated rings. The number of halogens is 1. The van der Waals surface area contributed by atoms with Gasteiger partial charge >= 0.3 is 0 Å². The van der Waals surface area contributed by atoms with Gasteiger partial charge in [0, 0.05) is 11.6 Å². The fraction of sp³-hybridized carbons (Fsp3) is 0.467. The Balaban J connectivity index is 2.60. The molecule has 0 bridgehead atoms. The third-order valence-corrected chi connectivity index (χ3v) is 3.59. The van der Waals surface area contributed by atoms with Gasteiger partial charge in [0.05, 0.1) is 16.9 Å². The van der Waals surface area contributed by atoms with E-state index in [1.807, 2.05) is 13.8 Å². The van der Waals surface area contributed by atoms with Crippen molar-refractivity contribution in [2.45, 2.75) is 39.8 Å². The number of aromatic nitrogens is 2. The van der Waals surface area contributed by atoms with Crippen molar-refractivity contribution in [1.29, 1.82) is 0 Å². The van der Waals surface area contributed by atoms with Crippen molar-refractivity contribution < 1.29 is 0 Å². The summed E-state index contributed by atoms with van der Waals surface area (Å²) in [5.41, 5.74) is 0.654. The van der Waals surface area contributed by atoms with E-state index in [4.69, 9.17) is 11.6 Å². The minimum absolute atomic E-state index is 0.00526. The number of hydrogen-bond donors (Lipinski definition) is 1. The molecule has 108 valence electrons. The van der Waals surface area contributed by atoms with Gasteiger partial charge in [-0.05, 0) is 45.0 Å². The van der Waals surface area contributed by atoms with Crippen LogP contribution < -0.4 is 10.9 Å². The molecule has 0 amide bonds. The van der Waals surface area contributed by atoms with Crippen molar-refractivity contribution >= 4 is 22.5 Å². The highest BCUT2D eigenvalue weighted by Crippen LogP contribution is 2.17. The first-order chi connectivity index (χ1) is 9.58. The van der Waals surface area contributed by atoms with Gasteiger partial charge in [-0.15, -0.1) is 0 Å². The highest BCUT2D eigenvalue weighted by Gasteiger charge is 2.15. The maximum atomic E-state index is 12.5. The first-order valence-electron chi connectivity index (χ1n) is 7.01. The second-order valence-corrected chi connectivity index (χ2v) is 5.29. The van der Waals surface area contributed by atoms with Gasteiger partial charge in [0.25, 0.3) is 5.56 Å². The molecule has 4 nitrogen and oxygen atoms in total. The molecular formula is C15H20ClN3O. The standard InChI is InChI=1S/C15H20ClN3O/c1-4-8-17-10(3)14-18-13-9-11(16)6-7-12(13)15(20)19(14)5-2/h6-7,9-10,17H,4-5,8H2,1-3H3. The molecule has 1 unspecified atom stereocenters. The molecule has 1 aromatic carbocycles. The largest absolute Gasteiger partial charge is 0.308 e. The lowest BCUT2D eigenvalue weighted by molar-refractivity contribution is 0.504. The molecule has 20 heavy (non-hydrogen) atoms. The molecule has 0 spiro atoms. The quantitative estimate of drug-likeness (QED) is 0.921. The van der Waals surface area contributed by atoms with Crippen LogP contribution in [0.3, 0.4) is 0 Å². The highest BCUT2D eigenvalue weighted by molar-refractivity contribution is 6.31. The number of benzene rings is 1. The topological polar surface area (TPSA) is 46.9 Å². The van der Waals surface area contributed by atoms with Crippen LogP contribution in [-0.4, -0.2) is 16.1 Å². The summed E-state index contributed by atoms with van der Waals surface area (Å²) in [4.78, 5) is 17.2. The van der Waals surface area contributed by atoms with Crippen LogP contribution in [0.25, 0.3) is 10.9 Å². The summed E-state index contributed by atoms with van der Waals surface area (Å²) in [5, 5.41) is 4.58. The van der Waals surface area contributed by atoms with Gasteiger partial charge in [-0.25, -0.2) is 4.98 Å². The Morgan fingerprint density at radius 3 is 2.80 bits per heavy atom. The van der Waals surface area contributed by atoms with Gasteiger partial charge < -0.3 is 5.32 Å². The average molecular weight is 294 g/mol. The lowest BCUT2D eigenvalue weighted by atomic mass is 10.2. The number of rotatable bonds is 5. The first kappa shape index (κ1) is 15.0. The molecule has 0 aliphatic heterocycles. The van der Waals surface area contributed by atoms with Crippen molar-refractivity contribution in [2.75, 3.05) is 6.54 Å². The zero-order valence-electron chi connectivity index (χ0n) is 12.1. The van der Waals surface area contributed by atoms with Gasteiger partial charge in [0.1, 0.15) is 5.82 Å². The fourth-order valence-corrected chi connectivity index (χ4v) is 2.47. The summed E-state index contributed by atoms with van der Waals surface area (Å²) in [7, 11) is 0. The van der Waals surface area contributed by atoms with E-state index in [9.17, 15) is 4.79 Å². The van der Waals surface area contributed by atoms with Crippen molar-refractivity contribution in [3.05, 3.63) is 39.4 Å². The normalized spacial score (nSPS) is 12.8. The van der Waals surface area contributed by atoms with Gasteiger partial charge in [0.15, 0.2) is 0 Å². The highest BCUT2D eigenvalue weighted by atomic mass is 35.5. The van der Waals surface area contributed by atoms with Crippen molar-refractivity contribution in [3.63, 3.8) is 0 Å². The third kappa shape index (κ3) is 2.86. The fourth-order valence-electron chi connectivity index (χ4n) is 2.30. The Morgan fingerprint density at radius 2 is 2.15 bits per heavy atom. The van der Waals surface area contributed by atoms with Gasteiger partial charge in [-0.3, -0.25) is 9.36 Å². The zero-order chi connectivity index (χ0) is 14.7. The molecule has 0 radical (unpaired) electrons. The molecule has 0 aliphatic carbocycles. The van der Waals surface area contributed by atoms with Gasteiger partial charge in [-0.2, -0.15) is 0 Å². The van der Waals surface area contributed by atoms with Crippen LogP contribution in [0.1, 0.15) is 39.1 Å². The molecule has 1 atom stereocenters. The summed E-state index contributed by atoms with van der Waals surface area (Å²) in [5.74, 6) is 0.765. The second kappa shape index (κ2) is 6.37. The predicted molar refractivity (Wildman–Crippen MR) is 83.4 cm³/mol. The van der Waals surface area contributed by atoms with E-state index >= 15 is 0 Å². The monoisotopic (exact) mass is 293 g/mol. The lowest BCUT2D eigenvalue weighted by Gasteiger charge is -2.18. The van der Waals surface area contributed by atoms with Crippen molar-refractivity contribution in [1.82, 2.24) is 14.9 Å². The van der Waals surface area contributed by atoms with E-state index in [0.29, 0.717) is 22.5 Å². The molecule has 0 saturated carbocycles. The SMILES string of the molecule is CCCNC(C)c1nc2cc(Cl)ccc2c(=O)n1CC. The molecule has 5 heteroatoms. The Labute approximate surface area is 123 Å². The second-order valence-electron chi connectivity index (χ2n) is 4.86. The van der Waals surface area contributed by atoms with Crippen LogP contribution >= 0.6 is 11.6 Å². The van der Waals surface area contributed by atoms with Crippen LogP contribution in [0.2, 0.25) is 5.02 Å². The van der Waals surface area contributed by atoms with Crippen molar-refractivity contribution in [2.24, 2.45) is 0 Å². The van der Waals surface area contributed by atoms with Gasteiger partial charge in [0.2, 0.25) is 0 Å². The number of nitrogens with one attached hydrogen (secondary N) is 1. The number of hydrogen-bond acceptors (Lipinski definition) is 3. The summed E-state index contributed by atoms with van der Waals surface area (Å²) in [6.07, 6.45) is 1.04. The third-order valence-electron chi connectivity index (χ3n) is 3.35. The van der Waals surface area contributed by atoms with E-state index in [1.165, 1.54) is 0 Å². The lowest BCUT2D eigenvalue weighted by Crippen LogP contribution is -2.31. The van der Waals surface area contributed by atoms with Crippen LogP contribution in [-0.2, 0) is 6.54 Å². The van der Waals surface area contributed by atoms with Crippen LogP contribution in [0.4, 0.5) is 0 Å².